The Morgan fingerprint density at radius 3 is 2.14 bits per heavy atom. The van der Waals surface area contributed by atoms with Gasteiger partial charge in [0.25, 0.3) is 0 Å². The third kappa shape index (κ3) is 4.12. The number of phenols is 1. The van der Waals surface area contributed by atoms with Crippen molar-refractivity contribution in [3.8, 4) is 5.75 Å². The third-order valence-corrected chi connectivity index (χ3v) is 12.5. The molecule has 0 saturated heterocycles. The molecule has 4 aliphatic carbocycles. The van der Waals surface area contributed by atoms with E-state index in [0.29, 0.717) is 23.5 Å². The molecule has 1 aromatic carbocycles. The van der Waals surface area contributed by atoms with Crippen LogP contribution in [0.25, 0.3) is 0 Å². The van der Waals surface area contributed by atoms with Crippen LogP contribution in [0.3, 0.4) is 0 Å². The van der Waals surface area contributed by atoms with Crippen LogP contribution in [0.2, 0.25) is 0 Å². The second-order valence-electron chi connectivity index (χ2n) is 15.1. The van der Waals surface area contributed by atoms with Gasteiger partial charge >= 0.3 is 0 Å². The number of rotatable bonds is 6. The SMILES string of the molecule is CCCC1CCC(Cc2ccc3c(c2O)C(=O)C2C(=O)[C@@]4(O)C(=O)C(C(C)=O)C(=O)C(C(C)C)[C@@]4(C)[C@H](O)[C@@]2(C)[C@@H]3C)CC1. The molecule has 0 spiro atoms. The highest BCUT2D eigenvalue weighted by Crippen LogP contribution is 2.66. The molecular formula is C36H48O8. The highest BCUT2D eigenvalue weighted by Gasteiger charge is 2.80. The summed E-state index contributed by atoms with van der Waals surface area (Å²) in [5.74, 6) is -9.69. The molecule has 0 heterocycles. The summed E-state index contributed by atoms with van der Waals surface area (Å²) in [6.07, 6.45) is 5.68. The predicted octanol–water partition coefficient (Wildman–Crippen LogP) is 4.77. The van der Waals surface area contributed by atoms with Crippen molar-refractivity contribution < 1.29 is 39.3 Å². The van der Waals surface area contributed by atoms with Crippen molar-refractivity contribution in [1.29, 1.82) is 0 Å². The number of aliphatic hydroxyl groups excluding tert-OH is 1. The van der Waals surface area contributed by atoms with Crippen LogP contribution in [0.4, 0.5) is 0 Å². The minimum atomic E-state index is -2.95. The fraction of sp³-hybridized carbons (Fsp3) is 0.694. The van der Waals surface area contributed by atoms with E-state index in [9.17, 15) is 39.3 Å². The molecule has 3 N–H and O–H groups in total. The van der Waals surface area contributed by atoms with E-state index in [0.717, 1.165) is 38.5 Å². The van der Waals surface area contributed by atoms with Gasteiger partial charge in [0.2, 0.25) is 0 Å². The van der Waals surface area contributed by atoms with Gasteiger partial charge < -0.3 is 15.3 Å². The molecule has 240 valence electrons. The monoisotopic (exact) mass is 608 g/mol. The van der Waals surface area contributed by atoms with Gasteiger partial charge in [-0.1, -0.05) is 79.4 Å². The van der Waals surface area contributed by atoms with E-state index in [1.54, 1.807) is 33.8 Å². The van der Waals surface area contributed by atoms with Crippen LogP contribution >= 0.6 is 0 Å². The van der Waals surface area contributed by atoms with E-state index in [1.807, 2.05) is 6.07 Å². The average Bonchev–Trinajstić information content (AvgIpc) is 2.95. The van der Waals surface area contributed by atoms with Crippen molar-refractivity contribution in [2.24, 2.45) is 46.3 Å². The molecule has 3 unspecified atom stereocenters. The molecule has 5 rings (SSSR count). The lowest BCUT2D eigenvalue weighted by molar-refractivity contribution is -0.240. The zero-order chi connectivity index (χ0) is 32.7. The number of fused-ring (bicyclic) bond motifs is 3. The second-order valence-corrected chi connectivity index (χ2v) is 15.1. The quantitative estimate of drug-likeness (QED) is 0.392. The molecule has 0 aromatic heterocycles. The lowest BCUT2D eigenvalue weighted by Crippen LogP contribution is -2.81. The fourth-order valence-corrected chi connectivity index (χ4v) is 10.0. The molecule has 0 aliphatic heterocycles. The number of carbonyl (C=O) groups is 5. The number of hydrogen-bond acceptors (Lipinski definition) is 8. The van der Waals surface area contributed by atoms with Crippen LogP contribution in [0.1, 0.15) is 114 Å². The molecule has 3 saturated carbocycles. The van der Waals surface area contributed by atoms with Crippen molar-refractivity contribution in [3.05, 3.63) is 28.8 Å². The van der Waals surface area contributed by atoms with Crippen molar-refractivity contribution in [1.82, 2.24) is 0 Å². The maximum Gasteiger partial charge on any atom is 0.191 e. The van der Waals surface area contributed by atoms with Gasteiger partial charge in [0.1, 0.15) is 17.5 Å². The topological polar surface area (TPSA) is 146 Å². The summed E-state index contributed by atoms with van der Waals surface area (Å²) in [6.45, 7) is 11.4. The number of carbonyl (C=O) groups excluding carboxylic acids is 5. The Balaban J connectivity index is 1.61. The van der Waals surface area contributed by atoms with Gasteiger partial charge in [-0.15, -0.1) is 0 Å². The maximum absolute atomic E-state index is 14.6. The first-order valence-corrected chi connectivity index (χ1v) is 16.4. The first kappa shape index (κ1) is 32.7. The van der Waals surface area contributed by atoms with Crippen LogP contribution < -0.4 is 0 Å². The van der Waals surface area contributed by atoms with E-state index in [2.05, 4.69) is 6.92 Å². The molecule has 1 aromatic rings. The Hall–Kier alpha value is -2.71. The number of phenolic OH excluding ortho intramolecular Hbond substituents is 1. The lowest BCUT2D eigenvalue weighted by atomic mass is 9.37. The molecule has 8 heteroatoms. The standard InChI is InChI=1S/C36H48O8/c1-8-9-20-10-12-21(13-11-20)16-22-14-15-23-18(4)34(6)27(30(40)25(23)28(22)38)32(42)36(44)31(41)24(19(5)37)29(39)26(17(2)3)35(36,7)33(34)43/h14-15,17-18,20-21,24,26-27,33,38,43-44H,8-13,16H2,1-7H3/t18-,20?,21?,24?,26?,27?,33-,34+,35+,36+/m1/s1. The van der Waals surface area contributed by atoms with Crippen molar-refractivity contribution in [3.63, 3.8) is 0 Å². The maximum atomic E-state index is 14.6. The summed E-state index contributed by atoms with van der Waals surface area (Å²) in [5.41, 5.74) is -5.35. The van der Waals surface area contributed by atoms with Crippen LogP contribution in [0.5, 0.6) is 5.75 Å². The van der Waals surface area contributed by atoms with Crippen molar-refractivity contribution >= 4 is 28.9 Å². The number of Topliss-reactive ketones (excluding diaryl/α,β-unsaturated/α-hetero) is 5. The van der Waals surface area contributed by atoms with E-state index in [-0.39, 0.29) is 11.3 Å². The van der Waals surface area contributed by atoms with Crippen molar-refractivity contribution in [2.45, 2.75) is 111 Å². The van der Waals surface area contributed by atoms with Gasteiger partial charge in [-0.25, -0.2) is 0 Å². The van der Waals surface area contributed by atoms with E-state index in [1.165, 1.54) is 19.8 Å². The van der Waals surface area contributed by atoms with Gasteiger partial charge in [-0.2, -0.15) is 0 Å². The number of ketones is 5. The molecule has 3 fully saturated rings. The second kappa shape index (κ2) is 11.0. The van der Waals surface area contributed by atoms with Crippen LogP contribution in [-0.4, -0.2) is 55.9 Å². The van der Waals surface area contributed by atoms with Gasteiger partial charge in [-0.3, -0.25) is 24.0 Å². The minimum absolute atomic E-state index is 0.00670. The number of benzene rings is 1. The summed E-state index contributed by atoms with van der Waals surface area (Å²) < 4.78 is 0. The molecular weight excluding hydrogens is 560 g/mol. The van der Waals surface area contributed by atoms with E-state index >= 15 is 0 Å². The van der Waals surface area contributed by atoms with Crippen LogP contribution in [-0.2, 0) is 25.6 Å². The summed E-state index contributed by atoms with van der Waals surface area (Å²) in [7, 11) is 0. The lowest BCUT2D eigenvalue weighted by Gasteiger charge is -2.65. The Morgan fingerprint density at radius 2 is 1.59 bits per heavy atom. The zero-order valence-electron chi connectivity index (χ0n) is 27.1. The molecule has 44 heavy (non-hydrogen) atoms. The normalized spacial score (nSPS) is 40.5. The molecule has 0 amide bonds. The molecule has 8 nitrogen and oxygen atoms in total. The Bertz CT molecular complexity index is 1420. The number of hydrogen-bond donors (Lipinski definition) is 3. The zero-order valence-corrected chi connectivity index (χ0v) is 27.1. The van der Waals surface area contributed by atoms with Gasteiger partial charge in [0, 0.05) is 16.7 Å². The molecule has 0 bridgehead atoms. The van der Waals surface area contributed by atoms with Crippen molar-refractivity contribution in [2.75, 3.05) is 0 Å². The van der Waals surface area contributed by atoms with Crippen LogP contribution in [0.15, 0.2) is 12.1 Å². The van der Waals surface area contributed by atoms with Gasteiger partial charge in [0.05, 0.1) is 17.6 Å². The average molecular weight is 609 g/mol. The highest BCUT2D eigenvalue weighted by molar-refractivity contribution is 6.33. The van der Waals surface area contributed by atoms with E-state index < -0.39 is 81.0 Å². The predicted molar refractivity (Wildman–Crippen MR) is 163 cm³/mol. The summed E-state index contributed by atoms with van der Waals surface area (Å²) in [4.78, 5) is 69.2. The van der Waals surface area contributed by atoms with Crippen LogP contribution in [0, 0.1) is 46.3 Å². The first-order chi connectivity index (χ1) is 20.5. The summed E-state index contributed by atoms with van der Waals surface area (Å²) in [6, 6.07) is 3.62. The minimum Gasteiger partial charge on any atom is -0.507 e. The Kier molecular flexibility index (Phi) is 8.15. The Labute approximate surface area is 260 Å². The van der Waals surface area contributed by atoms with Gasteiger partial charge in [-0.05, 0) is 61.0 Å². The van der Waals surface area contributed by atoms with Gasteiger partial charge in [0.15, 0.2) is 28.7 Å². The smallest absolute Gasteiger partial charge is 0.191 e. The summed E-state index contributed by atoms with van der Waals surface area (Å²) in [5, 5.41) is 36.1. The highest BCUT2D eigenvalue weighted by atomic mass is 16.3. The Morgan fingerprint density at radius 1 is 1.00 bits per heavy atom. The summed E-state index contributed by atoms with van der Waals surface area (Å²) >= 11 is 0. The number of aliphatic hydroxyl groups is 2. The largest absolute Gasteiger partial charge is 0.507 e. The van der Waals surface area contributed by atoms with E-state index in [4.69, 9.17) is 0 Å². The molecule has 0 radical (unpaired) electrons. The molecule has 8 atom stereocenters. The molecule has 4 aliphatic rings. The number of aromatic hydroxyl groups is 1. The third-order valence-electron chi connectivity index (χ3n) is 12.5. The first-order valence-electron chi connectivity index (χ1n) is 16.4. The fourth-order valence-electron chi connectivity index (χ4n) is 10.0.